The zero-order valence-electron chi connectivity index (χ0n) is 8.08. The monoisotopic (exact) mass is 181 g/mol. The first-order chi connectivity index (χ1) is 6.24. The zero-order valence-corrected chi connectivity index (χ0v) is 8.08. The molecule has 0 saturated heterocycles. The van der Waals surface area contributed by atoms with Gasteiger partial charge in [0.1, 0.15) is 5.82 Å². The van der Waals surface area contributed by atoms with Gasteiger partial charge in [-0.05, 0) is 6.42 Å². The van der Waals surface area contributed by atoms with Gasteiger partial charge in [0.2, 0.25) is 0 Å². The van der Waals surface area contributed by atoms with E-state index < -0.39 is 0 Å². The molecule has 0 radical (unpaired) electrons. The quantitative estimate of drug-likeness (QED) is 0.754. The third-order valence-corrected chi connectivity index (χ3v) is 1.90. The van der Waals surface area contributed by atoms with Gasteiger partial charge in [-0.3, -0.25) is 4.79 Å². The second-order valence-electron chi connectivity index (χ2n) is 3.04. The molecule has 4 nitrogen and oxygen atoms in total. The molecule has 0 amide bonds. The number of aromatic amines is 1. The van der Waals surface area contributed by atoms with E-state index in [0.717, 1.165) is 25.2 Å². The van der Waals surface area contributed by atoms with Crippen molar-refractivity contribution in [3.05, 3.63) is 22.7 Å². The molecule has 0 aliphatic carbocycles. The number of nitrogens with zero attached hydrogens (tertiary/aromatic N) is 2. The fourth-order valence-electron chi connectivity index (χ4n) is 1.08. The van der Waals surface area contributed by atoms with E-state index in [2.05, 4.69) is 16.9 Å². The summed E-state index contributed by atoms with van der Waals surface area (Å²) in [5, 5.41) is 0. The van der Waals surface area contributed by atoms with Crippen molar-refractivity contribution < 1.29 is 0 Å². The molecule has 0 aliphatic rings. The molecular weight excluding hydrogens is 166 g/mol. The van der Waals surface area contributed by atoms with Crippen molar-refractivity contribution in [1.29, 1.82) is 0 Å². The molecule has 0 atom stereocenters. The van der Waals surface area contributed by atoms with Crippen molar-refractivity contribution in [3.8, 4) is 0 Å². The topological polar surface area (TPSA) is 49.0 Å². The van der Waals surface area contributed by atoms with Gasteiger partial charge >= 0.3 is 0 Å². The van der Waals surface area contributed by atoms with Crippen LogP contribution in [0, 0.1) is 0 Å². The van der Waals surface area contributed by atoms with Gasteiger partial charge in [-0.15, -0.1) is 0 Å². The Morgan fingerprint density at radius 2 is 2.38 bits per heavy atom. The van der Waals surface area contributed by atoms with Crippen LogP contribution in [-0.2, 0) is 0 Å². The number of nitrogens with one attached hydrogen (secondary N) is 1. The van der Waals surface area contributed by atoms with Crippen molar-refractivity contribution in [1.82, 2.24) is 9.97 Å². The van der Waals surface area contributed by atoms with E-state index in [9.17, 15) is 4.79 Å². The van der Waals surface area contributed by atoms with Gasteiger partial charge < -0.3 is 9.88 Å². The molecule has 13 heavy (non-hydrogen) atoms. The summed E-state index contributed by atoms with van der Waals surface area (Å²) in [5.41, 5.74) is -0.103. The lowest BCUT2D eigenvalue weighted by Gasteiger charge is -2.16. The van der Waals surface area contributed by atoms with Crippen molar-refractivity contribution in [2.45, 2.75) is 19.8 Å². The molecule has 1 rings (SSSR count). The lowest BCUT2D eigenvalue weighted by Crippen LogP contribution is -2.21. The second kappa shape index (κ2) is 4.64. The Hall–Kier alpha value is -1.32. The van der Waals surface area contributed by atoms with Crippen LogP contribution in [0.25, 0.3) is 0 Å². The Bertz CT molecular complexity index is 308. The molecule has 0 bridgehead atoms. The van der Waals surface area contributed by atoms with Gasteiger partial charge in [0.25, 0.3) is 5.56 Å². The molecule has 72 valence electrons. The van der Waals surface area contributed by atoms with E-state index in [1.54, 1.807) is 0 Å². The van der Waals surface area contributed by atoms with Crippen molar-refractivity contribution in [2.24, 2.45) is 0 Å². The highest BCUT2D eigenvalue weighted by atomic mass is 16.1. The highest BCUT2D eigenvalue weighted by Gasteiger charge is 2.00. The normalized spacial score (nSPS) is 10.0. The number of unbranched alkanes of at least 4 members (excludes halogenated alkanes) is 1. The van der Waals surface area contributed by atoms with Crippen LogP contribution < -0.4 is 10.5 Å². The summed E-state index contributed by atoms with van der Waals surface area (Å²) in [4.78, 5) is 19.5. The van der Waals surface area contributed by atoms with Gasteiger partial charge in [-0.25, -0.2) is 4.98 Å². The lowest BCUT2D eigenvalue weighted by atomic mass is 10.3. The molecule has 1 N–H and O–H groups in total. The van der Waals surface area contributed by atoms with Gasteiger partial charge in [-0.1, -0.05) is 13.3 Å². The third kappa shape index (κ3) is 2.89. The van der Waals surface area contributed by atoms with Crippen LogP contribution in [0.15, 0.2) is 17.2 Å². The Labute approximate surface area is 77.6 Å². The SMILES string of the molecule is CCCCN(C)c1cc(=O)[nH]cn1. The summed E-state index contributed by atoms with van der Waals surface area (Å²) in [6, 6.07) is 1.51. The van der Waals surface area contributed by atoms with Crippen LogP contribution in [0.2, 0.25) is 0 Å². The van der Waals surface area contributed by atoms with E-state index in [-0.39, 0.29) is 5.56 Å². The fraction of sp³-hybridized carbons (Fsp3) is 0.556. The van der Waals surface area contributed by atoms with E-state index >= 15 is 0 Å². The Morgan fingerprint density at radius 3 is 3.00 bits per heavy atom. The predicted octanol–water partition coefficient (Wildman–Crippen LogP) is 1.01. The summed E-state index contributed by atoms with van der Waals surface area (Å²) < 4.78 is 0. The first-order valence-electron chi connectivity index (χ1n) is 4.50. The summed E-state index contributed by atoms with van der Waals surface area (Å²) in [6.45, 7) is 3.08. The molecule has 0 fully saturated rings. The maximum absolute atomic E-state index is 10.9. The lowest BCUT2D eigenvalue weighted by molar-refractivity contribution is 0.757. The summed E-state index contributed by atoms with van der Waals surface area (Å²) in [7, 11) is 1.94. The number of rotatable bonds is 4. The second-order valence-corrected chi connectivity index (χ2v) is 3.04. The standard InChI is InChI=1S/C9H15N3O/c1-3-4-5-12(2)8-6-9(13)11-7-10-8/h6-7H,3-5H2,1-2H3,(H,10,11,13). The van der Waals surface area contributed by atoms with E-state index in [4.69, 9.17) is 0 Å². The molecule has 4 heteroatoms. The number of anilines is 1. The minimum Gasteiger partial charge on any atom is -0.359 e. The molecule has 0 aliphatic heterocycles. The van der Waals surface area contributed by atoms with Crippen LogP contribution in [0.1, 0.15) is 19.8 Å². The highest BCUT2D eigenvalue weighted by molar-refractivity contribution is 5.34. The minimum atomic E-state index is -0.103. The number of H-pyrrole nitrogens is 1. The summed E-state index contributed by atoms with van der Waals surface area (Å²) in [6.07, 6.45) is 3.69. The van der Waals surface area contributed by atoms with Gasteiger partial charge in [0.05, 0.1) is 6.33 Å². The van der Waals surface area contributed by atoms with Gasteiger partial charge in [0, 0.05) is 19.7 Å². The smallest absolute Gasteiger partial charge is 0.252 e. The molecule has 1 heterocycles. The molecule has 1 aromatic heterocycles. The van der Waals surface area contributed by atoms with Crippen molar-refractivity contribution in [2.75, 3.05) is 18.5 Å². The Morgan fingerprint density at radius 1 is 1.62 bits per heavy atom. The Kier molecular flexibility index (Phi) is 3.49. The molecule has 1 aromatic rings. The maximum atomic E-state index is 10.9. The molecule has 0 aromatic carbocycles. The van der Waals surface area contributed by atoms with Gasteiger partial charge in [-0.2, -0.15) is 0 Å². The average molecular weight is 181 g/mol. The minimum absolute atomic E-state index is 0.103. The van der Waals surface area contributed by atoms with E-state index in [0.29, 0.717) is 0 Å². The van der Waals surface area contributed by atoms with Gasteiger partial charge in [0.15, 0.2) is 0 Å². The maximum Gasteiger partial charge on any atom is 0.252 e. The molecule has 0 unspecified atom stereocenters. The predicted molar refractivity (Wildman–Crippen MR) is 53.0 cm³/mol. The van der Waals surface area contributed by atoms with Crippen molar-refractivity contribution in [3.63, 3.8) is 0 Å². The first-order valence-corrected chi connectivity index (χ1v) is 4.50. The summed E-state index contributed by atoms with van der Waals surface area (Å²) in [5.74, 6) is 0.734. The zero-order chi connectivity index (χ0) is 9.68. The number of aromatic nitrogens is 2. The Balaban J connectivity index is 2.65. The van der Waals surface area contributed by atoms with Crippen LogP contribution in [0.3, 0.4) is 0 Å². The van der Waals surface area contributed by atoms with E-state index in [1.807, 2.05) is 11.9 Å². The van der Waals surface area contributed by atoms with Crippen LogP contribution >= 0.6 is 0 Å². The van der Waals surface area contributed by atoms with Crippen LogP contribution in [0.5, 0.6) is 0 Å². The number of hydrogen-bond acceptors (Lipinski definition) is 3. The largest absolute Gasteiger partial charge is 0.359 e. The number of hydrogen-bond donors (Lipinski definition) is 1. The third-order valence-electron chi connectivity index (χ3n) is 1.90. The summed E-state index contributed by atoms with van der Waals surface area (Å²) >= 11 is 0. The molecular formula is C9H15N3O. The fourth-order valence-corrected chi connectivity index (χ4v) is 1.08. The van der Waals surface area contributed by atoms with Crippen LogP contribution in [-0.4, -0.2) is 23.6 Å². The first kappa shape index (κ1) is 9.77. The van der Waals surface area contributed by atoms with Crippen LogP contribution in [0.4, 0.5) is 5.82 Å². The highest BCUT2D eigenvalue weighted by Crippen LogP contribution is 2.04. The van der Waals surface area contributed by atoms with E-state index in [1.165, 1.54) is 12.4 Å². The molecule has 0 spiro atoms. The molecule has 0 saturated carbocycles. The van der Waals surface area contributed by atoms with Crippen molar-refractivity contribution >= 4 is 5.82 Å². The average Bonchev–Trinajstić information content (AvgIpc) is 2.14.